The molecule has 2 rings (SSSR count). The van der Waals surface area contributed by atoms with Crippen LogP contribution in [-0.2, 0) is 19.1 Å². The number of hydrogen-bond acceptors (Lipinski definition) is 5. The van der Waals surface area contributed by atoms with E-state index in [0.29, 0.717) is 5.57 Å². The first-order chi connectivity index (χ1) is 9.97. The standard InChI is InChI=1S/C15H14O5S/c1-9(6-14(17)18)15(19)20-13-3-2-12(16)11(13)7-10-4-5-21-8-10/h2-5,7-9,13H,6H2,1H3,(H,17,18)/b11-7+. The van der Waals surface area contributed by atoms with Gasteiger partial charge in [-0.2, -0.15) is 11.3 Å². The van der Waals surface area contributed by atoms with Crippen molar-refractivity contribution in [1.29, 1.82) is 0 Å². The summed E-state index contributed by atoms with van der Waals surface area (Å²) in [5, 5.41) is 12.4. The van der Waals surface area contributed by atoms with E-state index in [0.717, 1.165) is 5.56 Å². The van der Waals surface area contributed by atoms with Gasteiger partial charge in [-0.15, -0.1) is 0 Å². The first kappa shape index (κ1) is 15.2. The number of aliphatic carboxylic acids is 1. The Morgan fingerprint density at radius 2 is 2.29 bits per heavy atom. The fraction of sp³-hybridized carbons (Fsp3) is 0.267. The zero-order valence-electron chi connectivity index (χ0n) is 11.3. The third-order valence-corrected chi connectivity index (χ3v) is 3.71. The molecule has 21 heavy (non-hydrogen) atoms. The van der Waals surface area contributed by atoms with Crippen LogP contribution in [0.5, 0.6) is 0 Å². The zero-order valence-corrected chi connectivity index (χ0v) is 12.1. The molecule has 0 aromatic carbocycles. The van der Waals surface area contributed by atoms with E-state index in [-0.39, 0.29) is 12.2 Å². The molecule has 0 bridgehead atoms. The Kier molecular flexibility index (Phi) is 4.70. The molecule has 2 atom stereocenters. The minimum Gasteiger partial charge on any atom is -0.481 e. The van der Waals surface area contributed by atoms with Crippen LogP contribution in [0, 0.1) is 5.92 Å². The van der Waals surface area contributed by atoms with Crippen LogP contribution in [0.25, 0.3) is 6.08 Å². The highest BCUT2D eigenvalue weighted by molar-refractivity contribution is 7.08. The lowest BCUT2D eigenvalue weighted by Gasteiger charge is -2.15. The van der Waals surface area contributed by atoms with Gasteiger partial charge in [0.25, 0.3) is 0 Å². The molecular formula is C15H14O5S. The van der Waals surface area contributed by atoms with Crippen LogP contribution in [-0.4, -0.2) is 28.9 Å². The number of carboxylic acid groups (broad SMARTS) is 1. The minimum absolute atomic E-state index is 0.204. The summed E-state index contributed by atoms with van der Waals surface area (Å²) in [5.74, 6) is -2.65. The van der Waals surface area contributed by atoms with Crippen molar-refractivity contribution in [3.8, 4) is 0 Å². The lowest BCUT2D eigenvalue weighted by Crippen LogP contribution is -2.24. The molecule has 5 nitrogen and oxygen atoms in total. The number of ketones is 1. The Balaban J connectivity index is 2.08. The number of thiophene rings is 1. The quantitative estimate of drug-likeness (QED) is 0.667. The molecule has 1 aliphatic rings. The van der Waals surface area contributed by atoms with Crippen molar-refractivity contribution >= 4 is 35.1 Å². The second-order valence-electron chi connectivity index (χ2n) is 4.74. The average molecular weight is 306 g/mol. The number of rotatable bonds is 5. The highest BCUT2D eigenvalue weighted by Crippen LogP contribution is 2.23. The smallest absolute Gasteiger partial charge is 0.310 e. The van der Waals surface area contributed by atoms with Gasteiger partial charge < -0.3 is 9.84 Å². The predicted molar refractivity (Wildman–Crippen MR) is 77.7 cm³/mol. The van der Waals surface area contributed by atoms with Gasteiger partial charge >= 0.3 is 11.9 Å². The molecule has 1 heterocycles. The van der Waals surface area contributed by atoms with Gasteiger partial charge in [0.05, 0.1) is 12.3 Å². The van der Waals surface area contributed by atoms with Gasteiger partial charge in [0.15, 0.2) is 5.78 Å². The van der Waals surface area contributed by atoms with Gasteiger partial charge in [0.2, 0.25) is 0 Å². The van der Waals surface area contributed by atoms with E-state index in [9.17, 15) is 14.4 Å². The summed E-state index contributed by atoms with van der Waals surface area (Å²) in [7, 11) is 0. The molecule has 110 valence electrons. The summed E-state index contributed by atoms with van der Waals surface area (Å²) in [6.45, 7) is 1.49. The van der Waals surface area contributed by atoms with Gasteiger partial charge in [0, 0.05) is 5.57 Å². The van der Waals surface area contributed by atoms with Crippen molar-refractivity contribution in [2.45, 2.75) is 19.4 Å². The van der Waals surface area contributed by atoms with Crippen molar-refractivity contribution in [2.75, 3.05) is 0 Å². The SMILES string of the molecule is CC(CC(=O)O)C(=O)OC1C=CC(=O)/C1=C\c1ccsc1. The Bertz CT molecular complexity index is 612. The van der Waals surface area contributed by atoms with E-state index < -0.39 is 24.0 Å². The maximum atomic E-state index is 11.8. The van der Waals surface area contributed by atoms with Gasteiger partial charge in [-0.25, -0.2) is 0 Å². The molecule has 0 saturated heterocycles. The summed E-state index contributed by atoms with van der Waals surface area (Å²) < 4.78 is 5.23. The van der Waals surface area contributed by atoms with Crippen molar-refractivity contribution in [2.24, 2.45) is 5.92 Å². The van der Waals surface area contributed by atoms with Crippen LogP contribution in [0.15, 0.2) is 34.6 Å². The van der Waals surface area contributed by atoms with Crippen molar-refractivity contribution in [1.82, 2.24) is 0 Å². The van der Waals surface area contributed by atoms with Crippen LogP contribution < -0.4 is 0 Å². The van der Waals surface area contributed by atoms with E-state index in [2.05, 4.69) is 0 Å². The van der Waals surface area contributed by atoms with Crippen molar-refractivity contribution in [3.05, 3.63) is 40.1 Å². The molecular weight excluding hydrogens is 292 g/mol. The van der Waals surface area contributed by atoms with Gasteiger partial charge in [-0.05, 0) is 40.6 Å². The predicted octanol–water partition coefficient (Wildman–Crippen LogP) is 2.29. The van der Waals surface area contributed by atoms with E-state index in [4.69, 9.17) is 9.84 Å². The largest absolute Gasteiger partial charge is 0.481 e. The van der Waals surface area contributed by atoms with Crippen LogP contribution in [0.3, 0.4) is 0 Å². The van der Waals surface area contributed by atoms with Crippen molar-refractivity contribution in [3.63, 3.8) is 0 Å². The molecule has 1 N–H and O–H groups in total. The summed E-state index contributed by atoms with van der Waals surface area (Å²) >= 11 is 1.50. The molecule has 2 unspecified atom stereocenters. The number of allylic oxidation sites excluding steroid dienone is 1. The van der Waals surface area contributed by atoms with E-state index in [1.54, 1.807) is 6.08 Å². The molecule has 1 aliphatic carbocycles. The molecule has 0 amide bonds. The first-order valence-corrected chi connectivity index (χ1v) is 7.30. The number of carboxylic acids is 1. The Morgan fingerprint density at radius 1 is 1.52 bits per heavy atom. The Labute approximate surface area is 125 Å². The van der Waals surface area contributed by atoms with Crippen LogP contribution in [0.2, 0.25) is 0 Å². The van der Waals surface area contributed by atoms with Crippen LogP contribution in [0.1, 0.15) is 18.9 Å². The lowest BCUT2D eigenvalue weighted by molar-refractivity contribution is -0.153. The minimum atomic E-state index is -1.06. The molecule has 6 heteroatoms. The maximum Gasteiger partial charge on any atom is 0.310 e. The summed E-state index contributed by atoms with van der Waals surface area (Å²) in [4.78, 5) is 34.2. The number of hydrogen-bond donors (Lipinski definition) is 1. The van der Waals surface area contributed by atoms with Crippen molar-refractivity contribution < 1.29 is 24.2 Å². The van der Waals surface area contributed by atoms with E-state index in [1.807, 2.05) is 16.8 Å². The van der Waals surface area contributed by atoms with Gasteiger partial charge in [-0.1, -0.05) is 6.92 Å². The summed E-state index contributed by atoms with van der Waals surface area (Å²) in [6.07, 6.45) is 3.50. The van der Waals surface area contributed by atoms with E-state index in [1.165, 1.54) is 30.4 Å². The summed E-state index contributed by atoms with van der Waals surface area (Å²) in [5.41, 5.74) is 1.25. The maximum absolute atomic E-state index is 11.8. The second-order valence-corrected chi connectivity index (χ2v) is 5.52. The third kappa shape index (κ3) is 3.88. The number of esters is 1. The fourth-order valence-electron chi connectivity index (χ4n) is 1.89. The monoisotopic (exact) mass is 306 g/mol. The fourth-order valence-corrected chi connectivity index (χ4v) is 2.51. The zero-order chi connectivity index (χ0) is 15.4. The normalized spacial score (nSPS) is 20.7. The van der Waals surface area contributed by atoms with Gasteiger partial charge in [0.1, 0.15) is 6.10 Å². The lowest BCUT2D eigenvalue weighted by atomic mass is 10.1. The second kappa shape index (κ2) is 6.49. The van der Waals surface area contributed by atoms with Crippen LogP contribution in [0.4, 0.5) is 0 Å². The molecule has 1 aromatic heterocycles. The molecule has 0 aliphatic heterocycles. The van der Waals surface area contributed by atoms with E-state index >= 15 is 0 Å². The average Bonchev–Trinajstić information content (AvgIpc) is 3.03. The first-order valence-electron chi connectivity index (χ1n) is 6.36. The Hall–Kier alpha value is -2.21. The molecule has 0 spiro atoms. The number of carbonyl (C=O) groups is 3. The molecule has 0 radical (unpaired) electrons. The van der Waals surface area contributed by atoms with Crippen LogP contribution >= 0.6 is 11.3 Å². The molecule has 1 aromatic rings. The molecule has 0 fully saturated rings. The highest BCUT2D eigenvalue weighted by Gasteiger charge is 2.28. The topological polar surface area (TPSA) is 80.7 Å². The summed E-state index contributed by atoms with van der Waals surface area (Å²) in [6, 6.07) is 1.86. The Morgan fingerprint density at radius 3 is 2.90 bits per heavy atom. The highest BCUT2D eigenvalue weighted by atomic mass is 32.1. The molecule has 0 saturated carbocycles. The number of carbonyl (C=O) groups excluding carboxylic acids is 2. The van der Waals surface area contributed by atoms with Gasteiger partial charge in [-0.3, -0.25) is 14.4 Å². The third-order valence-electron chi connectivity index (χ3n) is 3.01. The number of ether oxygens (including phenoxy) is 1.